The molecule has 1 aliphatic rings. The number of ether oxygens (including phenoxy) is 1. The van der Waals surface area contributed by atoms with Gasteiger partial charge >= 0.3 is 0 Å². The van der Waals surface area contributed by atoms with Crippen molar-refractivity contribution < 1.29 is 4.74 Å². The first-order chi connectivity index (χ1) is 10.8. The Balaban J connectivity index is 1.96. The number of pyridine rings is 1. The van der Waals surface area contributed by atoms with E-state index >= 15 is 0 Å². The third-order valence-corrected chi connectivity index (χ3v) is 5.64. The van der Waals surface area contributed by atoms with Gasteiger partial charge in [-0.2, -0.15) is 0 Å². The predicted molar refractivity (Wildman–Crippen MR) is 93.0 cm³/mol. The summed E-state index contributed by atoms with van der Waals surface area (Å²) in [6.07, 6.45) is 5.03. The lowest BCUT2D eigenvalue weighted by molar-refractivity contribution is 0.415. The molecule has 22 heavy (non-hydrogen) atoms. The Bertz CT molecular complexity index is 833. The normalized spacial score (nSPS) is 14.1. The number of nitrogens with zero attached hydrogens (tertiary/aromatic N) is 1. The minimum Gasteiger partial charge on any atom is -0.497 e. The summed E-state index contributed by atoms with van der Waals surface area (Å²) in [6.45, 7) is 2.09. The van der Waals surface area contributed by atoms with Crippen LogP contribution < -0.4 is 4.74 Å². The highest BCUT2D eigenvalue weighted by atomic mass is 32.1. The first-order valence-electron chi connectivity index (χ1n) is 7.82. The second-order valence-electron chi connectivity index (χ2n) is 5.93. The molecule has 0 bridgehead atoms. The smallest absolute Gasteiger partial charge is 0.124 e. The fourth-order valence-electron chi connectivity index (χ4n) is 3.38. The molecule has 0 aliphatic heterocycles. The minimum atomic E-state index is 0.901. The molecule has 1 aromatic carbocycles. The van der Waals surface area contributed by atoms with Crippen molar-refractivity contribution in [3.8, 4) is 16.9 Å². The second kappa shape index (κ2) is 5.40. The van der Waals surface area contributed by atoms with E-state index in [0.29, 0.717) is 0 Å². The average Bonchev–Trinajstić information content (AvgIpc) is 2.92. The molecule has 0 saturated heterocycles. The number of methoxy groups -OCH3 is 1. The number of benzene rings is 1. The van der Waals surface area contributed by atoms with Crippen molar-refractivity contribution in [2.45, 2.75) is 32.6 Å². The molecule has 0 radical (unpaired) electrons. The standard InChI is InChI=1S/C19H19NOS/c1-12-11-16(13-7-9-14(21-2)10-8-13)18-15-5-3-4-6-17(15)22-19(18)20-12/h7-11H,3-6H2,1-2H3. The van der Waals surface area contributed by atoms with Crippen molar-refractivity contribution in [1.82, 2.24) is 4.98 Å². The summed E-state index contributed by atoms with van der Waals surface area (Å²) in [4.78, 5) is 7.55. The van der Waals surface area contributed by atoms with Gasteiger partial charge in [0.25, 0.3) is 0 Å². The molecule has 0 N–H and O–H groups in total. The van der Waals surface area contributed by atoms with Gasteiger partial charge in [0.2, 0.25) is 0 Å². The maximum Gasteiger partial charge on any atom is 0.124 e. The Morgan fingerprint density at radius 2 is 1.86 bits per heavy atom. The molecule has 0 unspecified atom stereocenters. The third kappa shape index (κ3) is 2.20. The lowest BCUT2D eigenvalue weighted by atomic mass is 9.92. The lowest BCUT2D eigenvalue weighted by Crippen LogP contribution is -1.98. The van der Waals surface area contributed by atoms with Crippen LogP contribution in [0.15, 0.2) is 30.3 Å². The van der Waals surface area contributed by atoms with E-state index in [9.17, 15) is 0 Å². The van der Waals surface area contributed by atoms with E-state index in [2.05, 4.69) is 25.1 Å². The van der Waals surface area contributed by atoms with E-state index in [1.54, 1.807) is 17.6 Å². The first kappa shape index (κ1) is 13.8. The van der Waals surface area contributed by atoms with Crippen LogP contribution in [0.5, 0.6) is 5.75 Å². The zero-order valence-corrected chi connectivity index (χ0v) is 13.8. The van der Waals surface area contributed by atoms with Crippen LogP contribution in [-0.2, 0) is 12.8 Å². The molecule has 2 heterocycles. The number of hydrogen-bond donors (Lipinski definition) is 0. The van der Waals surface area contributed by atoms with E-state index in [1.165, 1.54) is 47.0 Å². The molecule has 1 aliphatic carbocycles. The SMILES string of the molecule is COc1ccc(-c2cc(C)nc3sc4c(c23)CCCC4)cc1. The molecule has 0 amide bonds. The van der Waals surface area contributed by atoms with Gasteiger partial charge in [0.15, 0.2) is 0 Å². The molecular weight excluding hydrogens is 290 g/mol. The summed E-state index contributed by atoms with van der Waals surface area (Å²) in [5, 5.41) is 1.38. The largest absolute Gasteiger partial charge is 0.497 e. The molecule has 112 valence electrons. The number of rotatable bonds is 2. The Morgan fingerprint density at radius 1 is 1.09 bits per heavy atom. The van der Waals surface area contributed by atoms with Crippen LogP contribution in [0.2, 0.25) is 0 Å². The molecule has 0 atom stereocenters. The van der Waals surface area contributed by atoms with Crippen molar-refractivity contribution in [3.63, 3.8) is 0 Å². The van der Waals surface area contributed by atoms with Crippen LogP contribution in [0.3, 0.4) is 0 Å². The van der Waals surface area contributed by atoms with Crippen LogP contribution in [0.25, 0.3) is 21.3 Å². The quantitative estimate of drug-likeness (QED) is 0.652. The second-order valence-corrected chi connectivity index (χ2v) is 7.01. The minimum absolute atomic E-state index is 0.901. The van der Waals surface area contributed by atoms with Crippen LogP contribution in [0.4, 0.5) is 0 Å². The highest BCUT2D eigenvalue weighted by Crippen LogP contribution is 2.41. The summed E-state index contributed by atoms with van der Waals surface area (Å²) in [6, 6.07) is 10.6. The monoisotopic (exact) mass is 309 g/mol. The zero-order valence-electron chi connectivity index (χ0n) is 13.0. The predicted octanol–water partition coefficient (Wildman–Crippen LogP) is 5.16. The molecule has 0 saturated carbocycles. The number of hydrogen-bond acceptors (Lipinski definition) is 3. The Hall–Kier alpha value is -1.87. The molecule has 0 fully saturated rings. The van der Waals surface area contributed by atoms with Gasteiger partial charge in [0, 0.05) is 16.0 Å². The Kier molecular flexibility index (Phi) is 3.38. The molecule has 0 spiro atoms. The van der Waals surface area contributed by atoms with Crippen LogP contribution in [0.1, 0.15) is 29.0 Å². The van der Waals surface area contributed by atoms with Crippen LogP contribution in [-0.4, -0.2) is 12.1 Å². The highest BCUT2D eigenvalue weighted by Gasteiger charge is 2.20. The fraction of sp³-hybridized carbons (Fsp3) is 0.316. The molecule has 3 heteroatoms. The lowest BCUT2D eigenvalue weighted by Gasteiger charge is -2.13. The first-order valence-corrected chi connectivity index (χ1v) is 8.64. The number of aromatic nitrogens is 1. The van der Waals surface area contributed by atoms with E-state index in [-0.39, 0.29) is 0 Å². The van der Waals surface area contributed by atoms with E-state index < -0.39 is 0 Å². The maximum atomic E-state index is 5.28. The Morgan fingerprint density at radius 3 is 2.64 bits per heavy atom. The summed E-state index contributed by atoms with van der Waals surface area (Å²) in [5.41, 5.74) is 5.22. The highest BCUT2D eigenvalue weighted by molar-refractivity contribution is 7.19. The molecule has 2 aromatic heterocycles. The van der Waals surface area contributed by atoms with Gasteiger partial charge in [-0.3, -0.25) is 0 Å². The number of aryl methyl sites for hydroxylation is 3. The fourth-order valence-corrected chi connectivity index (χ4v) is 4.71. The number of fused-ring (bicyclic) bond motifs is 3. The third-order valence-electron chi connectivity index (χ3n) is 4.45. The van der Waals surface area contributed by atoms with E-state index in [0.717, 1.165) is 11.4 Å². The van der Waals surface area contributed by atoms with Gasteiger partial charge in [0.1, 0.15) is 10.6 Å². The summed E-state index contributed by atoms with van der Waals surface area (Å²) >= 11 is 1.89. The van der Waals surface area contributed by atoms with Gasteiger partial charge < -0.3 is 4.74 Å². The summed E-state index contributed by atoms with van der Waals surface area (Å²) < 4.78 is 5.28. The topological polar surface area (TPSA) is 22.1 Å². The van der Waals surface area contributed by atoms with E-state index in [1.807, 2.05) is 23.5 Å². The molecule has 3 aromatic rings. The molecule has 4 rings (SSSR count). The Labute approximate surface area is 134 Å². The maximum absolute atomic E-state index is 5.28. The molecule has 2 nitrogen and oxygen atoms in total. The van der Waals surface area contributed by atoms with Gasteiger partial charge in [-0.1, -0.05) is 12.1 Å². The van der Waals surface area contributed by atoms with Crippen molar-refractivity contribution in [3.05, 3.63) is 46.5 Å². The van der Waals surface area contributed by atoms with Gasteiger partial charge in [-0.25, -0.2) is 4.98 Å². The van der Waals surface area contributed by atoms with Crippen LogP contribution in [0, 0.1) is 6.92 Å². The van der Waals surface area contributed by atoms with Crippen LogP contribution >= 0.6 is 11.3 Å². The zero-order chi connectivity index (χ0) is 15.1. The summed E-state index contributed by atoms with van der Waals surface area (Å²) in [7, 11) is 1.71. The van der Waals surface area contributed by atoms with Crippen molar-refractivity contribution in [2.24, 2.45) is 0 Å². The van der Waals surface area contributed by atoms with Gasteiger partial charge in [-0.05, 0) is 67.5 Å². The van der Waals surface area contributed by atoms with Gasteiger partial charge in [-0.15, -0.1) is 11.3 Å². The van der Waals surface area contributed by atoms with Crippen molar-refractivity contribution >= 4 is 21.6 Å². The molecular formula is C19H19NOS. The average molecular weight is 309 g/mol. The van der Waals surface area contributed by atoms with Crippen molar-refractivity contribution in [2.75, 3.05) is 7.11 Å². The van der Waals surface area contributed by atoms with E-state index in [4.69, 9.17) is 9.72 Å². The van der Waals surface area contributed by atoms with Crippen molar-refractivity contribution in [1.29, 1.82) is 0 Å². The van der Waals surface area contributed by atoms with Gasteiger partial charge in [0.05, 0.1) is 7.11 Å². The number of thiophene rings is 1. The summed E-state index contributed by atoms with van der Waals surface area (Å²) in [5.74, 6) is 0.901.